The van der Waals surface area contributed by atoms with Crippen molar-refractivity contribution in [1.29, 1.82) is 0 Å². The van der Waals surface area contributed by atoms with Crippen LogP contribution in [0.25, 0.3) is 0 Å². The van der Waals surface area contributed by atoms with Crippen LogP contribution in [-0.2, 0) is 0 Å². The minimum absolute atomic E-state index is 0.213. The van der Waals surface area contributed by atoms with Crippen LogP contribution >= 0.6 is 0 Å². The molecule has 0 heterocycles. The molecule has 1 fully saturated rings. The molecular weight excluding hydrogens is 173 g/mol. The maximum atomic E-state index is 12.1. The lowest BCUT2D eigenvalue weighted by molar-refractivity contribution is 0.243. The Bertz CT molecular complexity index is 182. The molecule has 0 aromatic carbocycles. The van der Waals surface area contributed by atoms with Crippen LogP contribution in [0.5, 0.6) is 0 Å². The van der Waals surface area contributed by atoms with E-state index in [2.05, 4.69) is 10.1 Å². The fourth-order valence-electron chi connectivity index (χ4n) is 1.33. The van der Waals surface area contributed by atoms with Crippen LogP contribution in [0, 0.1) is 0 Å². The number of hydrogen-bond acceptors (Lipinski definition) is 3. The summed E-state index contributed by atoms with van der Waals surface area (Å²) < 4.78 is 12.1. The van der Waals surface area contributed by atoms with Crippen LogP contribution in [-0.4, -0.2) is 41.7 Å². The molecule has 5 heteroatoms. The third kappa shape index (κ3) is 3.59. The first kappa shape index (κ1) is 10.2. The predicted molar refractivity (Wildman–Crippen MR) is 48.6 cm³/mol. The normalized spacial score (nSPS) is 18.2. The molecule has 0 atom stereocenters. The molecule has 13 heavy (non-hydrogen) atoms. The van der Waals surface area contributed by atoms with Gasteiger partial charge in [0.15, 0.2) is 0 Å². The predicted octanol–water partition coefficient (Wildman–Crippen LogP) is 0.557. The van der Waals surface area contributed by atoms with Crippen molar-refractivity contribution < 1.29 is 9.60 Å². The quantitative estimate of drug-likeness (QED) is 0.278. The molecule has 1 rings (SSSR count). The first-order valence-electron chi connectivity index (χ1n) is 4.54. The summed E-state index contributed by atoms with van der Waals surface area (Å²) in [7, 11) is 0. The van der Waals surface area contributed by atoms with Gasteiger partial charge in [0.25, 0.3) is 0 Å². The van der Waals surface area contributed by atoms with Crippen LogP contribution in [0.2, 0.25) is 0 Å². The third-order valence-electron chi connectivity index (χ3n) is 2.22. The van der Waals surface area contributed by atoms with Gasteiger partial charge in [-0.15, -0.1) is 0 Å². The van der Waals surface area contributed by atoms with Gasteiger partial charge in [-0.1, -0.05) is 5.16 Å². The maximum Gasteiger partial charge on any atom is 0.140 e. The number of halogens is 1. The van der Waals surface area contributed by atoms with Gasteiger partial charge in [-0.2, -0.15) is 0 Å². The molecule has 4 nitrogen and oxygen atoms in total. The van der Waals surface area contributed by atoms with E-state index >= 15 is 0 Å². The Morgan fingerprint density at radius 1 is 1.54 bits per heavy atom. The zero-order valence-corrected chi connectivity index (χ0v) is 7.62. The second-order valence-electron chi connectivity index (χ2n) is 3.30. The van der Waals surface area contributed by atoms with E-state index in [1.165, 1.54) is 0 Å². The van der Waals surface area contributed by atoms with Crippen LogP contribution in [0.4, 0.5) is 4.39 Å². The molecule has 1 aliphatic rings. The molecular formula is C8H16FN3O. The van der Waals surface area contributed by atoms with Gasteiger partial charge < -0.3 is 10.9 Å². The number of amidine groups is 1. The molecule has 0 unspecified atom stereocenters. The minimum atomic E-state index is -0.327. The van der Waals surface area contributed by atoms with Gasteiger partial charge in [0.1, 0.15) is 12.5 Å². The molecule has 0 bridgehead atoms. The molecule has 0 saturated heterocycles. The molecule has 76 valence electrons. The van der Waals surface area contributed by atoms with E-state index in [-0.39, 0.29) is 12.5 Å². The Labute approximate surface area is 77.2 Å². The van der Waals surface area contributed by atoms with E-state index in [4.69, 9.17) is 10.9 Å². The van der Waals surface area contributed by atoms with Gasteiger partial charge in [-0.25, -0.2) is 4.39 Å². The van der Waals surface area contributed by atoms with Crippen molar-refractivity contribution in [3.05, 3.63) is 0 Å². The number of alkyl halides is 1. The summed E-state index contributed by atoms with van der Waals surface area (Å²) in [5.74, 6) is 0.213. The molecule has 1 aliphatic carbocycles. The highest BCUT2D eigenvalue weighted by Gasteiger charge is 2.28. The van der Waals surface area contributed by atoms with Gasteiger partial charge in [0, 0.05) is 25.6 Å². The zero-order valence-electron chi connectivity index (χ0n) is 7.62. The standard InChI is InChI=1S/C8H16FN3O/c9-4-6-12(7-1-2-7)5-3-8(10)11-13/h7,13H,1-6H2,(H2,10,11). The van der Waals surface area contributed by atoms with Crippen LogP contribution in [0.1, 0.15) is 19.3 Å². The fourth-order valence-corrected chi connectivity index (χ4v) is 1.33. The average Bonchev–Trinajstić information content (AvgIpc) is 2.94. The number of hydrogen-bond donors (Lipinski definition) is 2. The lowest BCUT2D eigenvalue weighted by atomic mass is 10.3. The van der Waals surface area contributed by atoms with Crippen molar-refractivity contribution in [3.63, 3.8) is 0 Å². The monoisotopic (exact) mass is 189 g/mol. The second-order valence-corrected chi connectivity index (χ2v) is 3.30. The Kier molecular flexibility index (Phi) is 3.95. The van der Waals surface area contributed by atoms with Crippen molar-refractivity contribution in [2.75, 3.05) is 19.8 Å². The smallest absolute Gasteiger partial charge is 0.140 e. The molecule has 0 spiro atoms. The van der Waals surface area contributed by atoms with E-state index in [0.29, 0.717) is 25.6 Å². The molecule has 0 radical (unpaired) electrons. The zero-order chi connectivity index (χ0) is 9.68. The lowest BCUT2D eigenvalue weighted by Gasteiger charge is -2.19. The Morgan fingerprint density at radius 3 is 2.69 bits per heavy atom. The van der Waals surface area contributed by atoms with Gasteiger partial charge in [0.2, 0.25) is 0 Å². The third-order valence-corrected chi connectivity index (χ3v) is 2.22. The molecule has 0 amide bonds. The van der Waals surface area contributed by atoms with E-state index < -0.39 is 0 Å². The van der Waals surface area contributed by atoms with E-state index in [9.17, 15) is 4.39 Å². The highest BCUT2D eigenvalue weighted by atomic mass is 19.1. The summed E-state index contributed by atoms with van der Waals surface area (Å²) in [5.41, 5.74) is 5.32. The van der Waals surface area contributed by atoms with Crippen molar-refractivity contribution in [2.45, 2.75) is 25.3 Å². The molecule has 0 aromatic heterocycles. The molecule has 3 N–H and O–H groups in total. The highest BCUT2D eigenvalue weighted by molar-refractivity contribution is 5.79. The minimum Gasteiger partial charge on any atom is -0.409 e. The number of rotatable bonds is 6. The van der Waals surface area contributed by atoms with Crippen molar-refractivity contribution >= 4 is 5.84 Å². The van der Waals surface area contributed by atoms with Gasteiger partial charge in [0.05, 0.1) is 0 Å². The SMILES string of the molecule is NC(CCN(CCF)C1CC1)=NO. The van der Waals surface area contributed by atoms with Crippen molar-refractivity contribution in [2.24, 2.45) is 10.9 Å². The first-order chi connectivity index (χ1) is 6.27. The Hall–Kier alpha value is -0.840. The van der Waals surface area contributed by atoms with Gasteiger partial charge in [-0.05, 0) is 12.8 Å². The van der Waals surface area contributed by atoms with Gasteiger partial charge in [-0.3, -0.25) is 4.90 Å². The summed E-state index contributed by atoms with van der Waals surface area (Å²) in [6.45, 7) is 0.820. The topological polar surface area (TPSA) is 61.8 Å². The number of oxime groups is 1. The largest absolute Gasteiger partial charge is 0.409 e. The molecule has 0 aliphatic heterocycles. The van der Waals surface area contributed by atoms with E-state index in [0.717, 1.165) is 12.8 Å². The van der Waals surface area contributed by atoms with Crippen LogP contribution in [0.3, 0.4) is 0 Å². The average molecular weight is 189 g/mol. The van der Waals surface area contributed by atoms with Crippen molar-refractivity contribution in [1.82, 2.24) is 4.90 Å². The van der Waals surface area contributed by atoms with E-state index in [1.807, 2.05) is 0 Å². The van der Waals surface area contributed by atoms with E-state index in [1.54, 1.807) is 0 Å². The van der Waals surface area contributed by atoms with Crippen molar-refractivity contribution in [3.8, 4) is 0 Å². The fraction of sp³-hybridized carbons (Fsp3) is 0.875. The summed E-state index contributed by atoms with van der Waals surface area (Å²) in [6.07, 6.45) is 2.80. The molecule has 0 aromatic rings. The first-order valence-corrected chi connectivity index (χ1v) is 4.54. The number of nitrogens with zero attached hydrogens (tertiary/aromatic N) is 2. The summed E-state index contributed by atoms with van der Waals surface area (Å²) in [6, 6.07) is 0.530. The maximum absolute atomic E-state index is 12.1. The Morgan fingerprint density at radius 2 is 2.23 bits per heavy atom. The highest BCUT2D eigenvalue weighted by Crippen LogP contribution is 2.26. The molecule has 1 saturated carbocycles. The number of nitrogens with two attached hydrogens (primary N) is 1. The lowest BCUT2D eigenvalue weighted by Crippen LogP contribution is -2.32. The summed E-state index contributed by atoms with van der Waals surface area (Å²) >= 11 is 0. The van der Waals surface area contributed by atoms with Gasteiger partial charge >= 0.3 is 0 Å². The van der Waals surface area contributed by atoms with Crippen LogP contribution in [0.15, 0.2) is 5.16 Å². The summed E-state index contributed by atoms with van der Waals surface area (Å²) in [5, 5.41) is 11.2. The second kappa shape index (κ2) is 5.01. The summed E-state index contributed by atoms with van der Waals surface area (Å²) in [4.78, 5) is 2.05. The Balaban J connectivity index is 2.21. The van der Waals surface area contributed by atoms with Crippen LogP contribution < -0.4 is 5.73 Å².